The first kappa shape index (κ1) is 12.0. The Morgan fingerprint density at radius 2 is 1.88 bits per heavy atom. The maximum atomic E-state index is 10.9. The lowest BCUT2D eigenvalue weighted by atomic mass is 9.78. The number of rotatable bonds is 3. The second kappa shape index (κ2) is 4.78. The fourth-order valence-electron chi connectivity index (χ4n) is 2.78. The van der Waals surface area contributed by atoms with Gasteiger partial charge < -0.3 is 11.1 Å². The summed E-state index contributed by atoms with van der Waals surface area (Å²) in [7, 11) is 0. The third-order valence-electron chi connectivity index (χ3n) is 3.83. The first-order chi connectivity index (χ1) is 8.12. The van der Waals surface area contributed by atoms with Crippen molar-refractivity contribution in [3.63, 3.8) is 0 Å². The van der Waals surface area contributed by atoms with Crippen LogP contribution in [0.1, 0.15) is 36.8 Å². The van der Waals surface area contributed by atoms with Gasteiger partial charge in [0.05, 0.1) is 0 Å². The van der Waals surface area contributed by atoms with Crippen LogP contribution in [-0.4, -0.2) is 12.6 Å². The van der Waals surface area contributed by atoms with Crippen LogP contribution in [0.5, 0.6) is 0 Å². The van der Waals surface area contributed by atoms with E-state index >= 15 is 0 Å². The molecule has 0 saturated heterocycles. The minimum absolute atomic E-state index is 0.0999. The summed E-state index contributed by atoms with van der Waals surface area (Å²) < 4.78 is 0. The molecule has 0 spiro atoms. The Balaban J connectivity index is 2.21. The number of carbonyl (C=O) groups excluding carboxylic acids is 1. The molecule has 92 valence electrons. The van der Waals surface area contributed by atoms with Crippen molar-refractivity contribution in [1.29, 1.82) is 0 Å². The second-order valence-corrected chi connectivity index (χ2v) is 5.07. The molecule has 1 aliphatic rings. The zero-order valence-corrected chi connectivity index (χ0v) is 10.3. The summed E-state index contributed by atoms with van der Waals surface area (Å²) in [6, 6.07) is 8.22. The number of primary amides is 1. The summed E-state index contributed by atoms with van der Waals surface area (Å²) in [5, 5.41) is 2.78. The maximum absolute atomic E-state index is 10.9. The third kappa shape index (κ3) is 2.60. The lowest BCUT2D eigenvalue weighted by Gasteiger charge is -2.29. The summed E-state index contributed by atoms with van der Waals surface area (Å²) in [4.78, 5) is 10.9. The zero-order chi connectivity index (χ0) is 12.3. The molecule has 1 fully saturated rings. The monoisotopic (exact) mass is 232 g/mol. The molecule has 0 atom stereocenters. The first-order valence-electron chi connectivity index (χ1n) is 6.23. The van der Waals surface area contributed by atoms with Crippen LogP contribution in [0.2, 0.25) is 0 Å². The Morgan fingerprint density at radius 1 is 1.29 bits per heavy atom. The van der Waals surface area contributed by atoms with Crippen LogP contribution in [0.15, 0.2) is 24.3 Å². The van der Waals surface area contributed by atoms with E-state index in [4.69, 9.17) is 5.73 Å². The van der Waals surface area contributed by atoms with Gasteiger partial charge in [-0.15, -0.1) is 0 Å². The number of nitrogens with one attached hydrogen (secondary N) is 1. The zero-order valence-electron chi connectivity index (χ0n) is 10.3. The minimum Gasteiger partial charge on any atom is -0.352 e. The van der Waals surface area contributed by atoms with E-state index in [0.29, 0.717) is 6.54 Å². The molecule has 1 aromatic rings. The number of hydrogen-bond donors (Lipinski definition) is 2. The number of urea groups is 1. The van der Waals surface area contributed by atoms with Crippen LogP contribution < -0.4 is 11.1 Å². The Morgan fingerprint density at radius 3 is 2.41 bits per heavy atom. The molecule has 1 aromatic carbocycles. The van der Waals surface area contributed by atoms with Crippen LogP contribution >= 0.6 is 0 Å². The van der Waals surface area contributed by atoms with Crippen LogP contribution in [-0.2, 0) is 5.41 Å². The maximum Gasteiger partial charge on any atom is 0.312 e. The molecule has 0 aliphatic heterocycles. The number of carbonyl (C=O) groups is 1. The van der Waals surface area contributed by atoms with Gasteiger partial charge in [-0.2, -0.15) is 0 Å². The van der Waals surface area contributed by atoms with Crippen molar-refractivity contribution in [3.8, 4) is 0 Å². The molecule has 2 amide bonds. The molecule has 3 nitrogen and oxygen atoms in total. The summed E-state index contributed by atoms with van der Waals surface area (Å²) in [5.41, 5.74) is 7.88. The Hall–Kier alpha value is -1.51. The smallest absolute Gasteiger partial charge is 0.312 e. The van der Waals surface area contributed by atoms with Crippen LogP contribution in [0.25, 0.3) is 0 Å². The van der Waals surface area contributed by atoms with E-state index in [-0.39, 0.29) is 5.41 Å². The van der Waals surface area contributed by atoms with Gasteiger partial charge in [-0.05, 0) is 25.3 Å². The van der Waals surface area contributed by atoms with E-state index in [0.717, 1.165) is 12.8 Å². The van der Waals surface area contributed by atoms with Crippen LogP contribution in [0.4, 0.5) is 4.79 Å². The highest BCUT2D eigenvalue weighted by molar-refractivity contribution is 5.71. The second-order valence-electron chi connectivity index (χ2n) is 5.07. The molecule has 0 heterocycles. The standard InChI is InChI=1S/C14H20N2O/c1-11-4-6-12(7-5-11)14(8-2-3-9-14)10-16-13(15)17/h4-7H,2-3,8-10H2,1H3,(H3,15,16,17). The molecule has 3 N–H and O–H groups in total. The fourth-order valence-corrected chi connectivity index (χ4v) is 2.78. The minimum atomic E-state index is -0.427. The summed E-state index contributed by atoms with van der Waals surface area (Å²) in [5.74, 6) is 0. The number of benzene rings is 1. The van der Waals surface area contributed by atoms with E-state index in [1.807, 2.05) is 0 Å². The van der Waals surface area contributed by atoms with Gasteiger partial charge in [0, 0.05) is 12.0 Å². The number of amides is 2. The largest absolute Gasteiger partial charge is 0.352 e. The molecule has 0 bridgehead atoms. The van der Waals surface area contributed by atoms with E-state index < -0.39 is 6.03 Å². The van der Waals surface area contributed by atoms with Gasteiger partial charge in [-0.3, -0.25) is 0 Å². The first-order valence-corrected chi connectivity index (χ1v) is 6.23. The highest BCUT2D eigenvalue weighted by atomic mass is 16.2. The Labute approximate surface area is 102 Å². The quantitative estimate of drug-likeness (QED) is 0.826. The van der Waals surface area contributed by atoms with Gasteiger partial charge >= 0.3 is 6.03 Å². The highest BCUT2D eigenvalue weighted by Gasteiger charge is 2.35. The summed E-state index contributed by atoms with van der Waals surface area (Å²) >= 11 is 0. The van der Waals surface area contributed by atoms with Crippen molar-refractivity contribution in [2.24, 2.45) is 5.73 Å². The van der Waals surface area contributed by atoms with Gasteiger partial charge in [0.2, 0.25) is 0 Å². The van der Waals surface area contributed by atoms with Gasteiger partial charge in [-0.1, -0.05) is 42.7 Å². The van der Waals surface area contributed by atoms with Crippen molar-refractivity contribution in [2.45, 2.75) is 38.0 Å². The van der Waals surface area contributed by atoms with E-state index in [1.165, 1.54) is 24.0 Å². The van der Waals surface area contributed by atoms with Crippen molar-refractivity contribution in [1.82, 2.24) is 5.32 Å². The average Bonchev–Trinajstić information content (AvgIpc) is 2.77. The van der Waals surface area contributed by atoms with E-state index in [1.54, 1.807) is 0 Å². The van der Waals surface area contributed by atoms with E-state index in [9.17, 15) is 4.79 Å². The molecule has 2 rings (SSSR count). The van der Waals surface area contributed by atoms with E-state index in [2.05, 4.69) is 36.5 Å². The molecule has 3 heteroatoms. The highest BCUT2D eigenvalue weighted by Crippen LogP contribution is 2.40. The molecule has 0 aromatic heterocycles. The molecule has 0 unspecified atom stereocenters. The van der Waals surface area contributed by atoms with Gasteiger partial charge in [0.1, 0.15) is 0 Å². The van der Waals surface area contributed by atoms with Gasteiger partial charge in [-0.25, -0.2) is 4.79 Å². The molecule has 1 aliphatic carbocycles. The Bertz CT molecular complexity index is 391. The molecule has 0 radical (unpaired) electrons. The van der Waals surface area contributed by atoms with Crippen molar-refractivity contribution < 1.29 is 4.79 Å². The summed E-state index contributed by atoms with van der Waals surface area (Å²) in [6.07, 6.45) is 4.73. The van der Waals surface area contributed by atoms with Gasteiger partial charge in [0.25, 0.3) is 0 Å². The fraction of sp³-hybridized carbons (Fsp3) is 0.500. The number of nitrogens with two attached hydrogens (primary N) is 1. The van der Waals surface area contributed by atoms with Crippen molar-refractivity contribution in [2.75, 3.05) is 6.54 Å². The average molecular weight is 232 g/mol. The molecular weight excluding hydrogens is 212 g/mol. The van der Waals surface area contributed by atoms with Crippen LogP contribution in [0, 0.1) is 6.92 Å². The van der Waals surface area contributed by atoms with Gasteiger partial charge in [0.15, 0.2) is 0 Å². The SMILES string of the molecule is Cc1ccc(C2(CNC(N)=O)CCCC2)cc1. The Kier molecular flexibility index (Phi) is 3.36. The normalized spacial score (nSPS) is 17.9. The molecule has 17 heavy (non-hydrogen) atoms. The summed E-state index contributed by atoms with van der Waals surface area (Å²) in [6.45, 7) is 2.75. The lowest BCUT2D eigenvalue weighted by molar-refractivity contribution is 0.245. The third-order valence-corrected chi connectivity index (χ3v) is 3.83. The topological polar surface area (TPSA) is 55.1 Å². The predicted molar refractivity (Wildman–Crippen MR) is 68.9 cm³/mol. The van der Waals surface area contributed by atoms with Crippen LogP contribution in [0.3, 0.4) is 0 Å². The molecule has 1 saturated carbocycles. The number of hydrogen-bond acceptors (Lipinski definition) is 1. The van der Waals surface area contributed by atoms with Crippen molar-refractivity contribution in [3.05, 3.63) is 35.4 Å². The predicted octanol–water partition coefficient (Wildman–Crippen LogP) is 2.48. The molecular formula is C14H20N2O. The van der Waals surface area contributed by atoms with Crippen molar-refractivity contribution >= 4 is 6.03 Å². The lowest BCUT2D eigenvalue weighted by Crippen LogP contribution is -2.41. The number of aryl methyl sites for hydroxylation is 1.